The van der Waals surface area contributed by atoms with Crippen molar-refractivity contribution in [3.05, 3.63) is 0 Å². The normalized spacial score (nSPS) is 27.2. The van der Waals surface area contributed by atoms with Gasteiger partial charge in [0.1, 0.15) is 5.44 Å². The Bertz CT molecular complexity index is 153. The van der Waals surface area contributed by atoms with Gasteiger partial charge in [-0.15, -0.1) is 0 Å². The Morgan fingerprint density at radius 3 is 2.80 bits per heavy atom. The number of hydrogen-bond donors (Lipinski definition) is 4. The van der Waals surface area contributed by atoms with E-state index in [0.717, 1.165) is 0 Å². The summed E-state index contributed by atoms with van der Waals surface area (Å²) in [5, 5.41) is 0. The Balaban J connectivity index is 2.31. The van der Waals surface area contributed by atoms with Crippen LogP contribution in [0.25, 0.3) is 0 Å². The highest BCUT2D eigenvalue weighted by Crippen LogP contribution is 2.32. The third-order valence-electron chi connectivity index (χ3n) is 0.814. The van der Waals surface area contributed by atoms with Gasteiger partial charge in [-0.25, -0.2) is 16.4 Å². The molecule has 1 aliphatic heterocycles. The quantitative estimate of drug-likeness (QED) is 0.326. The fourth-order valence-electron chi connectivity index (χ4n) is 0.517. The second-order valence-electron chi connectivity index (χ2n) is 1.78. The average molecular weight is 184 g/mol. The van der Waals surface area contributed by atoms with Crippen molar-refractivity contribution in [2.45, 2.75) is 5.44 Å². The van der Waals surface area contributed by atoms with E-state index in [9.17, 15) is 4.57 Å². The predicted octanol–water partition coefficient (Wildman–Crippen LogP) is -0.889. The summed E-state index contributed by atoms with van der Waals surface area (Å²) in [6, 6.07) is 0. The number of hydrogen-bond acceptors (Lipinski definition) is 5. The molecule has 60 valence electrons. The summed E-state index contributed by atoms with van der Waals surface area (Å²) in [4.78, 5) is 2.70. The third-order valence-corrected chi connectivity index (χ3v) is 2.33. The van der Waals surface area contributed by atoms with Gasteiger partial charge in [0.15, 0.2) is 0 Å². The standard InChI is InChI=1S/C2H9N4O2PS/c3-9(4,7)8-2-1-5-6-10-2/h2,5-6H,1H2,(H4,3,4,7). The van der Waals surface area contributed by atoms with Crippen molar-refractivity contribution in [2.24, 2.45) is 11.0 Å². The topological polar surface area (TPSA) is 102 Å². The van der Waals surface area contributed by atoms with Gasteiger partial charge in [-0.2, -0.15) is 4.83 Å². The van der Waals surface area contributed by atoms with Crippen LogP contribution in [0.5, 0.6) is 0 Å². The maximum atomic E-state index is 10.6. The predicted molar refractivity (Wildman–Crippen MR) is 39.6 cm³/mol. The Labute approximate surface area is 62.7 Å². The molecule has 1 rings (SSSR count). The van der Waals surface area contributed by atoms with Crippen LogP contribution >= 0.6 is 19.6 Å². The lowest BCUT2D eigenvalue weighted by Crippen LogP contribution is -2.21. The van der Waals surface area contributed by atoms with Gasteiger partial charge in [0.2, 0.25) is 0 Å². The number of rotatable bonds is 2. The molecule has 0 aliphatic carbocycles. The Hall–Kier alpha value is 0.380. The van der Waals surface area contributed by atoms with E-state index in [1.165, 1.54) is 11.9 Å². The van der Waals surface area contributed by atoms with E-state index < -0.39 is 7.67 Å². The van der Waals surface area contributed by atoms with Gasteiger partial charge >= 0.3 is 7.67 Å². The Morgan fingerprint density at radius 1 is 1.70 bits per heavy atom. The summed E-state index contributed by atoms with van der Waals surface area (Å²) in [5.74, 6) is 0. The molecule has 0 aromatic rings. The largest absolute Gasteiger partial charge is 0.336 e. The van der Waals surface area contributed by atoms with E-state index in [1.54, 1.807) is 0 Å². The van der Waals surface area contributed by atoms with Crippen LogP contribution in [0.3, 0.4) is 0 Å². The fourth-order valence-corrected chi connectivity index (χ4v) is 2.00. The zero-order chi connectivity index (χ0) is 7.61. The van der Waals surface area contributed by atoms with Gasteiger partial charge < -0.3 is 0 Å². The molecular weight excluding hydrogens is 175 g/mol. The summed E-state index contributed by atoms with van der Waals surface area (Å²) < 4.78 is 15.4. The van der Waals surface area contributed by atoms with Crippen LogP contribution in [0.15, 0.2) is 0 Å². The lowest BCUT2D eigenvalue weighted by atomic mass is 10.7. The monoisotopic (exact) mass is 184 g/mol. The third kappa shape index (κ3) is 2.98. The van der Waals surface area contributed by atoms with Crippen LogP contribution in [0.1, 0.15) is 0 Å². The molecule has 1 unspecified atom stereocenters. The molecular formula is C2H9N4O2PS. The van der Waals surface area contributed by atoms with E-state index in [2.05, 4.69) is 10.3 Å². The smallest absolute Gasteiger partial charge is 0.289 e. The van der Waals surface area contributed by atoms with Gasteiger partial charge in [-0.05, 0) is 11.9 Å². The molecule has 1 aliphatic rings. The highest BCUT2D eigenvalue weighted by molar-refractivity contribution is 7.98. The molecule has 0 aromatic carbocycles. The van der Waals surface area contributed by atoms with Crippen molar-refractivity contribution < 1.29 is 9.09 Å². The lowest BCUT2D eigenvalue weighted by molar-refractivity contribution is 0.291. The molecule has 0 bridgehead atoms. The molecule has 0 aromatic heterocycles. The minimum Gasteiger partial charge on any atom is -0.289 e. The maximum Gasteiger partial charge on any atom is 0.336 e. The highest BCUT2D eigenvalue weighted by atomic mass is 32.2. The van der Waals surface area contributed by atoms with Gasteiger partial charge in [-0.3, -0.25) is 9.09 Å². The van der Waals surface area contributed by atoms with E-state index in [4.69, 9.17) is 15.5 Å². The minimum absolute atomic E-state index is 0.263. The molecule has 0 spiro atoms. The van der Waals surface area contributed by atoms with Gasteiger partial charge in [0, 0.05) is 6.54 Å². The molecule has 1 heterocycles. The van der Waals surface area contributed by atoms with Crippen molar-refractivity contribution in [2.75, 3.05) is 6.54 Å². The van der Waals surface area contributed by atoms with Crippen molar-refractivity contribution in [3.8, 4) is 0 Å². The summed E-state index contributed by atoms with van der Waals surface area (Å²) in [5.41, 5.74) is 12.4. The fraction of sp³-hybridized carbons (Fsp3) is 1.00. The Morgan fingerprint density at radius 2 is 2.40 bits per heavy atom. The summed E-state index contributed by atoms with van der Waals surface area (Å²) in [6.45, 7) is 0.545. The summed E-state index contributed by atoms with van der Waals surface area (Å²) in [6.07, 6.45) is 0. The first-order chi connectivity index (χ1) is 4.58. The van der Waals surface area contributed by atoms with Crippen molar-refractivity contribution in [1.29, 1.82) is 0 Å². The average Bonchev–Trinajstić information content (AvgIpc) is 2.12. The van der Waals surface area contributed by atoms with E-state index in [-0.39, 0.29) is 5.44 Å². The minimum atomic E-state index is -3.32. The number of nitrogens with two attached hydrogens (primary N) is 2. The van der Waals surface area contributed by atoms with E-state index >= 15 is 0 Å². The van der Waals surface area contributed by atoms with Crippen LogP contribution in [0.4, 0.5) is 0 Å². The number of hydrazine groups is 1. The molecule has 1 atom stereocenters. The summed E-state index contributed by atoms with van der Waals surface area (Å²) >= 11 is 1.25. The van der Waals surface area contributed by atoms with Crippen molar-refractivity contribution in [3.63, 3.8) is 0 Å². The molecule has 0 amide bonds. The van der Waals surface area contributed by atoms with Crippen LogP contribution in [0.2, 0.25) is 0 Å². The zero-order valence-corrected chi connectivity index (χ0v) is 6.82. The van der Waals surface area contributed by atoms with Crippen LogP contribution < -0.4 is 21.3 Å². The molecule has 8 heteroatoms. The molecule has 0 saturated carbocycles. The van der Waals surface area contributed by atoms with Gasteiger partial charge in [0.05, 0.1) is 0 Å². The van der Waals surface area contributed by atoms with Crippen LogP contribution in [0, 0.1) is 0 Å². The molecule has 10 heavy (non-hydrogen) atoms. The summed E-state index contributed by atoms with van der Waals surface area (Å²) in [7, 11) is -3.32. The first-order valence-electron chi connectivity index (χ1n) is 2.57. The van der Waals surface area contributed by atoms with Crippen LogP contribution in [-0.4, -0.2) is 12.0 Å². The Kier molecular flexibility index (Phi) is 2.70. The molecule has 1 fully saturated rings. The second kappa shape index (κ2) is 3.19. The zero-order valence-electron chi connectivity index (χ0n) is 5.11. The van der Waals surface area contributed by atoms with Gasteiger partial charge in [-0.1, -0.05) is 0 Å². The van der Waals surface area contributed by atoms with E-state index in [1.807, 2.05) is 0 Å². The molecule has 6 nitrogen and oxygen atoms in total. The van der Waals surface area contributed by atoms with Crippen LogP contribution in [-0.2, 0) is 9.09 Å². The number of nitrogens with one attached hydrogen (secondary N) is 2. The first-order valence-corrected chi connectivity index (χ1v) is 5.21. The highest BCUT2D eigenvalue weighted by Gasteiger charge is 2.22. The maximum absolute atomic E-state index is 10.6. The first kappa shape index (κ1) is 8.48. The SMILES string of the molecule is NP(N)(=O)OC1CNNS1. The molecule has 0 radical (unpaired) electrons. The molecule has 6 N–H and O–H groups in total. The second-order valence-corrected chi connectivity index (χ2v) is 4.25. The lowest BCUT2D eigenvalue weighted by Gasteiger charge is -2.10. The van der Waals surface area contributed by atoms with Crippen molar-refractivity contribution >= 4 is 19.6 Å². The van der Waals surface area contributed by atoms with Gasteiger partial charge in [0.25, 0.3) is 0 Å². The van der Waals surface area contributed by atoms with Crippen molar-refractivity contribution in [1.82, 2.24) is 10.3 Å². The molecule has 1 saturated heterocycles. The van der Waals surface area contributed by atoms with E-state index in [0.29, 0.717) is 6.54 Å².